The summed E-state index contributed by atoms with van der Waals surface area (Å²) in [5.74, 6) is 0.728. The molecule has 1 aromatic rings. The van der Waals surface area contributed by atoms with Crippen LogP contribution in [0.15, 0.2) is 12.1 Å². The molecule has 0 bridgehead atoms. The van der Waals surface area contributed by atoms with Crippen molar-refractivity contribution in [3.8, 4) is 5.75 Å². The van der Waals surface area contributed by atoms with Crippen molar-refractivity contribution in [2.45, 2.75) is 64.7 Å². The number of benzene rings is 1. The van der Waals surface area contributed by atoms with E-state index in [1.807, 2.05) is 0 Å². The highest BCUT2D eigenvalue weighted by Gasteiger charge is 2.37. The molecule has 0 heterocycles. The van der Waals surface area contributed by atoms with Gasteiger partial charge in [0, 0.05) is 11.5 Å². The minimum atomic E-state index is -0.724. The van der Waals surface area contributed by atoms with E-state index in [1.54, 1.807) is 7.11 Å². The van der Waals surface area contributed by atoms with E-state index in [9.17, 15) is 9.90 Å². The highest BCUT2D eigenvalue weighted by Crippen LogP contribution is 2.49. The molecule has 2 rings (SSSR count). The smallest absolute Gasteiger partial charge is 0.303 e. The van der Waals surface area contributed by atoms with Crippen molar-refractivity contribution in [3.63, 3.8) is 0 Å². The number of aryl methyl sites for hydroxylation is 1. The van der Waals surface area contributed by atoms with Gasteiger partial charge in [0.2, 0.25) is 0 Å². The van der Waals surface area contributed by atoms with E-state index >= 15 is 0 Å². The summed E-state index contributed by atoms with van der Waals surface area (Å²) in [7, 11) is 1.70. The van der Waals surface area contributed by atoms with Crippen molar-refractivity contribution in [1.29, 1.82) is 0 Å². The molecule has 0 aromatic heterocycles. The van der Waals surface area contributed by atoms with Gasteiger partial charge in [-0.25, -0.2) is 0 Å². The summed E-state index contributed by atoms with van der Waals surface area (Å²) in [4.78, 5) is 11.3. The molecule has 3 heteroatoms. The quantitative estimate of drug-likeness (QED) is 0.840. The van der Waals surface area contributed by atoms with Crippen molar-refractivity contribution < 1.29 is 14.6 Å². The first-order valence-corrected chi connectivity index (χ1v) is 8.21. The van der Waals surface area contributed by atoms with Crippen molar-refractivity contribution in [2.75, 3.05) is 7.11 Å². The van der Waals surface area contributed by atoms with Crippen molar-refractivity contribution in [2.24, 2.45) is 5.92 Å². The average molecular weight is 304 g/mol. The number of aliphatic carboxylic acids is 1. The third-order valence-corrected chi connectivity index (χ3v) is 4.58. The van der Waals surface area contributed by atoms with E-state index in [2.05, 4.69) is 39.8 Å². The topological polar surface area (TPSA) is 46.5 Å². The lowest BCUT2D eigenvalue weighted by atomic mass is 9.80. The maximum atomic E-state index is 11.3. The molecule has 1 aromatic carbocycles. The highest BCUT2D eigenvalue weighted by atomic mass is 16.5. The molecule has 0 spiro atoms. The number of carboxylic acids is 1. The standard InChI is InChI=1S/C19H28O3/c1-6-12-9-15(14(11-17(20)21)13-7-8-13)18(22-5)16(10-12)19(2,3)4/h9-10,13-14H,6-8,11H2,1-5H3,(H,20,21). The monoisotopic (exact) mass is 304 g/mol. The zero-order valence-corrected chi connectivity index (χ0v) is 14.4. The van der Waals surface area contributed by atoms with Crippen LogP contribution in [0.4, 0.5) is 0 Å². The number of ether oxygens (including phenoxy) is 1. The Hall–Kier alpha value is -1.51. The van der Waals surface area contributed by atoms with Gasteiger partial charge in [0.15, 0.2) is 0 Å². The molecule has 3 nitrogen and oxygen atoms in total. The van der Waals surface area contributed by atoms with Gasteiger partial charge in [0.05, 0.1) is 13.5 Å². The highest BCUT2D eigenvalue weighted by molar-refractivity contribution is 5.69. The summed E-state index contributed by atoms with van der Waals surface area (Å²) in [6.07, 6.45) is 3.40. The molecule has 1 aliphatic carbocycles. The Morgan fingerprint density at radius 2 is 2.00 bits per heavy atom. The van der Waals surface area contributed by atoms with Crippen LogP contribution in [0.25, 0.3) is 0 Å². The van der Waals surface area contributed by atoms with Crippen LogP contribution in [0.5, 0.6) is 5.75 Å². The van der Waals surface area contributed by atoms with E-state index in [-0.39, 0.29) is 17.8 Å². The lowest BCUT2D eigenvalue weighted by Gasteiger charge is -2.28. The van der Waals surface area contributed by atoms with Crippen LogP contribution < -0.4 is 4.74 Å². The molecule has 0 radical (unpaired) electrons. The predicted octanol–water partition coefficient (Wildman–Crippen LogP) is 4.52. The van der Waals surface area contributed by atoms with E-state index in [4.69, 9.17) is 4.74 Å². The fraction of sp³-hybridized carbons (Fsp3) is 0.632. The van der Waals surface area contributed by atoms with Crippen molar-refractivity contribution >= 4 is 5.97 Å². The first-order valence-electron chi connectivity index (χ1n) is 8.21. The molecular formula is C19H28O3. The number of methoxy groups -OCH3 is 1. The Kier molecular flexibility index (Phi) is 4.84. The Balaban J connectivity index is 2.58. The van der Waals surface area contributed by atoms with Crippen molar-refractivity contribution in [3.05, 3.63) is 28.8 Å². The van der Waals surface area contributed by atoms with Gasteiger partial charge < -0.3 is 9.84 Å². The number of rotatable bonds is 6. The number of hydrogen-bond acceptors (Lipinski definition) is 2. The molecule has 22 heavy (non-hydrogen) atoms. The molecule has 0 aliphatic heterocycles. The first-order chi connectivity index (χ1) is 10.3. The van der Waals surface area contributed by atoms with Crippen LogP contribution in [-0.4, -0.2) is 18.2 Å². The van der Waals surface area contributed by atoms with Crippen LogP contribution in [-0.2, 0) is 16.6 Å². The third-order valence-electron chi connectivity index (χ3n) is 4.58. The van der Waals surface area contributed by atoms with Crippen LogP contribution in [0, 0.1) is 5.92 Å². The third kappa shape index (κ3) is 3.63. The molecule has 122 valence electrons. The van der Waals surface area contributed by atoms with Gasteiger partial charge in [-0.3, -0.25) is 4.79 Å². The van der Waals surface area contributed by atoms with E-state index in [0.717, 1.165) is 30.6 Å². The molecule has 1 fully saturated rings. The Bertz CT molecular complexity index is 551. The summed E-state index contributed by atoms with van der Waals surface area (Å²) >= 11 is 0. The number of carboxylic acid groups (broad SMARTS) is 1. The molecule has 1 N–H and O–H groups in total. The zero-order chi connectivity index (χ0) is 16.5. The summed E-state index contributed by atoms with van der Waals surface area (Å²) in [5, 5.41) is 9.30. The summed E-state index contributed by atoms with van der Waals surface area (Å²) < 4.78 is 5.75. The van der Waals surface area contributed by atoms with Gasteiger partial charge in [0.1, 0.15) is 5.75 Å². The SMILES string of the molecule is CCc1cc(C(CC(=O)O)C2CC2)c(OC)c(C(C)(C)C)c1. The van der Waals surface area contributed by atoms with Gasteiger partial charge in [-0.15, -0.1) is 0 Å². The lowest BCUT2D eigenvalue weighted by Crippen LogP contribution is -2.17. The molecule has 1 atom stereocenters. The van der Waals surface area contributed by atoms with Crippen LogP contribution in [0.3, 0.4) is 0 Å². The summed E-state index contributed by atoms with van der Waals surface area (Å²) in [5.41, 5.74) is 3.51. The average Bonchev–Trinajstić information content (AvgIpc) is 3.26. The first kappa shape index (κ1) is 16.9. The van der Waals surface area contributed by atoms with E-state index in [1.165, 1.54) is 11.1 Å². The molecule has 1 aliphatic rings. The molecule has 0 saturated heterocycles. The van der Waals surface area contributed by atoms with Gasteiger partial charge in [0.25, 0.3) is 0 Å². The van der Waals surface area contributed by atoms with Gasteiger partial charge in [-0.05, 0) is 41.7 Å². The van der Waals surface area contributed by atoms with Crippen LogP contribution >= 0.6 is 0 Å². The number of hydrogen-bond donors (Lipinski definition) is 1. The molecular weight excluding hydrogens is 276 g/mol. The second-order valence-corrected chi connectivity index (χ2v) is 7.41. The molecule has 0 amide bonds. The van der Waals surface area contributed by atoms with Crippen LogP contribution in [0.2, 0.25) is 0 Å². The fourth-order valence-electron chi connectivity index (χ4n) is 3.20. The van der Waals surface area contributed by atoms with E-state index < -0.39 is 5.97 Å². The largest absolute Gasteiger partial charge is 0.496 e. The lowest BCUT2D eigenvalue weighted by molar-refractivity contribution is -0.137. The number of carbonyl (C=O) groups is 1. The van der Waals surface area contributed by atoms with E-state index in [0.29, 0.717) is 5.92 Å². The van der Waals surface area contributed by atoms with Crippen molar-refractivity contribution in [1.82, 2.24) is 0 Å². The Morgan fingerprint density at radius 3 is 2.41 bits per heavy atom. The predicted molar refractivity (Wildman–Crippen MR) is 88.8 cm³/mol. The summed E-state index contributed by atoms with van der Waals surface area (Å²) in [6.45, 7) is 8.67. The Labute approximate surface area is 133 Å². The minimum absolute atomic E-state index is 0.0252. The Morgan fingerprint density at radius 1 is 1.36 bits per heavy atom. The second-order valence-electron chi connectivity index (χ2n) is 7.41. The molecule has 1 unspecified atom stereocenters. The van der Waals surface area contributed by atoms with Gasteiger partial charge in [-0.1, -0.05) is 39.8 Å². The maximum absolute atomic E-state index is 11.3. The normalized spacial score (nSPS) is 16.4. The van der Waals surface area contributed by atoms with Crippen LogP contribution in [0.1, 0.15) is 69.6 Å². The van der Waals surface area contributed by atoms with Gasteiger partial charge in [-0.2, -0.15) is 0 Å². The maximum Gasteiger partial charge on any atom is 0.303 e. The van der Waals surface area contributed by atoms with Gasteiger partial charge >= 0.3 is 5.97 Å². The summed E-state index contributed by atoms with van der Waals surface area (Å²) in [6, 6.07) is 4.38. The second kappa shape index (κ2) is 6.31. The minimum Gasteiger partial charge on any atom is -0.496 e. The molecule has 1 saturated carbocycles. The zero-order valence-electron chi connectivity index (χ0n) is 14.4. The fourth-order valence-corrected chi connectivity index (χ4v) is 3.20.